The van der Waals surface area contributed by atoms with Gasteiger partial charge >= 0.3 is 13.3 Å². The highest BCUT2D eigenvalue weighted by Gasteiger charge is 2.45. The monoisotopic (exact) mass is 731 g/mol. The van der Waals surface area contributed by atoms with Crippen molar-refractivity contribution >= 4 is 19.5 Å². The van der Waals surface area contributed by atoms with Crippen LogP contribution in [0.5, 0.6) is 0 Å². The van der Waals surface area contributed by atoms with Gasteiger partial charge in [-0.25, -0.2) is 4.79 Å². The minimum Gasteiger partial charge on any atom is -0.387 e. The van der Waals surface area contributed by atoms with Crippen LogP contribution in [0.25, 0.3) is 0 Å². The highest BCUT2D eigenvalue weighted by Crippen LogP contribution is 2.49. The van der Waals surface area contributed by atoms with Gasteiger partial charge in [0.2, 0.25) is 0 Å². The van der Waals surface area contributed by atoms with E-state index in [-0.39, 0.29) is 37.8 Å². The number of aromatic nitrogens is 2. The molecule has 0 spiro atoms. The van der Waals surface area contributed by atoms with E-state index in [2.05, 4.69) is 21.9 Å². The zero-order chi connectivity index (χ0) is 36.8. The highest BCUT2D eigenvalue weighted by molar-refractivity contribution is 7.53. The molecule has 288 valence electrons. The van der Waals surface area contributed by atoms with Crippen LogP contribution in [-0.4, -0.2) is 107 Å². The first-order chi connectivity index (χ1) is 24.0. The highest BCUT2D eigenvalue weighted by atomic mass is 31.2. The number of hydrogen-bond donors (Lipinski definition) is 7. The van der Waals surface area contributed by atoms with Gasteiger partial charge in [-0.3, -0.25) is 33.8 Å². The van der Waals surface area contributed by atoms with Crippen molar-refractivity contribution in [1.29, 1.82) is 0 Å². The van der Waals surface area contributed by atoms with E-state index in [0.29, 0.717) is 32.6 Å². The second-order valence-electron chi connectivity index (χ2n) is 12.7. The summed E-state index contributed by atoms with van der Waals surface area (Å²) in [6.45, 7) is 3.75. The number of unbranched alkanes of at least 4 members (excludes halogenated alkanes) is 12. The van der Waals surface area contributed by atoms with Crippen LogP contribution in [0.1, 0.15) is 96.6 Å². The molecule has 0 amide bonds. The van der Waals surface area contributed by atoms with E-state index in [0.717, 1.165) is 36.1 Å². The van der Waals surface area contributed by atoms with Gasteiger partial charge in [0.15, 0.2) is 18.1 Å². The van der Waals surface area contributed by atoms with Gasteiger partial charge in [-0.2, -0.15) is 0 Å². The van der Waals surface area contributed by atoms with Crippen LogP contribution in [-0.2, 0) is 18.3 Å². The number of nitrogens with two attached hydrogens (primary N) is 4. The zero-order valence-electron chi connectivity index (χ0n) is 29.7. The fourth-order valence-corrected chi connectivity index (χ4v) is 7.28. The average Bonchev–Trinajstić information content (AvgIpc) is 3.34. The van der Waals surface area contributed by atoms with Crippen LogP contribution < -0.4 is 34.2 Å². The first-order valence-corrected chi connectivity index (χ1v) is 19.7. The van der Waals surface area contributed by atoms with Crippen LogP contribution in [0.15, 0.2) is 31.8 Å². The first kappa shape index (κ1) is 43.4. The van der Waals surface area contributed by atoms with Crippen molar-refractivity contribution in [2.45, 2.75) is 115 Å². The number of nitrogens with zero attached hydrogens (tertiary/aromatic N) is 4. The Balaban J connectivity index is 1.95. The number of hydrogen-bond acceptors (Lipinski definition) is 11. The molecule has 50 heavy (non-hydrogen) atoms. The van der Waals surface area contributed by atoms with E-state index in [4.69, 9.17) is 36.7 Å². The molecule has 0 aliphatic carbocycles. The molecule has 17 nitrogen and oxygen atoms in total. The van der Waals surface area contributed by atoms with E-state index in [9.17, 15) is 24.4 Å². The third kappa shape index (κ3) is 17.4. The molecule has 18 heteroatoms. The predicted octanol–water partition coefficient (Wildman–Crippen LogP) is 1.32. The molecule has 1 unspecified atom stereocenters. The van der Waals surface area contributed by atoms with Crippen LogP contribution in [0.3, 0.4) is 0 Å². The summed E-state index contributed by atoms with van der Waals surface area (Å²) >= 11 is 0. The average molecular weight is 732 g/mol. The van der Waals surface area contributed by atoms with Gasteiger partial charge in [-0.15, -0.1) is 0 Å². The molecule has 11 N–H and O–H groups in total. The lowest BCUT2D eigenvalue weighted by Gasteiger charge is -2.25. The summed E-state index contributed by atoms with van der Waals surface area (Å²) in [5.41, 5.74) is 20.5. The number of aliphatic imine (C=N–C) groups is 2. The molecule has 5 atom stereocenters. The summed E-state index contributed by atoms with van der Waals surface area (Å²) in [5.74, 6) is -0.104. The number of aromatic amines is 1. The molecule has 0 aromatic carbocycles. The Hall–Kier alpha value is -2.79. The van der Waals surface area contributed by atoms with E-state index in [1.54, 1.807) is 0 Å². The molecule has 0 bridgehead atoms. The molecule has 1 aromatic heterocycles. The standard InChI is InChI=1S/C32H62N9O8P/c1-2-3-4-5-6-7-8-9-10-11-12-13-14-22-47-50(46,23-21-40(19-16-37-30(33)34)20-17-38-31(35)36)48-24-25-27(43)28(44)29(49-25)41-18-15-26(42)39-32(41)45/h15,18,25,27-29,43-44H,2-14,16-17,19-24H2,1H3,(H4,33,34,37)(H4,35,36,38)(H,39,42,45)/t25-,27-,28-,29-,50?/m1/s1. The molecule has 1 saturated heterocycles. The summed E-state index contributed by atoms with van der Waals surface area (Å²) in [6.07, 6.45) is 11.2. The Morgan fingerprint density at radius 2 is 1.40 bits per heavy atom. The summed E-state index contributed by atoms with van der Waals surface area (Å²) < 4.78 is 32.5. The molecule has 1 aliphatic heterocycles. The van der Waals surface area contributed by atoms with Gasteiger partial charge in [-0.1, -0.05) is 84.0 Å². The van der Waals surface area contributed by atoms with E-state index < -0.39 is 43.4 Å². The number of aliphatic hydroxyl groups is 2. The van der Waals surface area contributed by atoms with E-state index in [1.807, 2.05) is 4.90 Å². The zero-order valence-corrected chi connectivity index (χ0v) is 30.6. The fraction of sp³-hybridized carbons (Fsp3) is 0.812. The third-order valence-electron chi connectivity index (χ3n) is 8.55. The van der Waals surface area contributed by atoms with Crippen molar-refractivity contribution in [3.05, 3.63) is 33.1 Å². The van der Waals surface area contributed by atoms with Crippen molar-refractivity contribution in [2.75, 3.05) is 52.1 Å². The van der Waals surface area contributed by atoms with Gasteiger partial charge in [0.1, 0.15) is 18.3 Å². The van der Waals surface area contributed by atoms with Crippen molar-refractivity contribution < 1.29 is 28.6 Å². The quantitative estimate of drug-likeness (QED) is 0.0278. The third-order valence-corrected chi connectivity index (χ3v) is 10.4. The molecular weight excluding hydrogens is 669 g/mol. The molecular formula is C32H62N9O8P. The second-order valence-corrected chi connectivity index (χ2v) is 14.9. The summed E-state index contributed by atoms with van der Waals surface area (Å²) in [5, 5.41) is 21.3. The Kier molecular flexibility index (Phi) is 21.2. The van der Waals surface area contributed by atoms with Crippen molar-refractivity contribution in [3.8, 4) is 0 Å². The minimum absolute atomic E-state index is 0.0106. The van der Waals surface area contributed by atoms with Crippen molar-refractivity contribution in [1.82, 2.24) is 14.5 Å². The van der Waals surface area contributed by atoms with Crippen LogP contribution in [0.4, 0.5) is 0 Å². The minimum atomic E-state index is -3.77. The second kappa shape index (κ2) is 24.4. The smallest absolute Gasteiger partial charge is 0.332 e. The van der Waals surface area contributed by atoms with Crippen LogP contribution in [0.2, 0.25) is 0 Å². The molecule has 2 heterocycles. The number of guanidine groups is 2. The lowest BCUT2D eigenvalue weighted by Crippen LogP contribution is -2.37. The maximum Gasteiger partial charge on any atom is 0.332 e. The van der Waals surface area contributed by atoms with Crippen molar-refractivity contribution in [2.24, 2.45) is 32.9 Å². The van der Waals surface area contributed by atoms with Crippen molar-refractivity contribution in [3.63, 3.8) is 0 Å². The van der Waals surface area contributed by atoms with Gasteiger partial charge in [-0.05, 0) is 6.42 Å². The van der Waals surface area contributed by atoms with Crippen LogP contribution >= 0.6 is 7.60 Å². The molecule has 1 aliphatic rings. The summed E-state index contributed by atoms with van der Waals surface area (Å²) in [4.78, 5) is 35.8. The number of nitrogens with one attached hydrogen (secondary N) is 1. The largest absolute Gasteiger partial charge is 0.387 e. The molecule has 0 radical (unpaired) electrons. The maximum absolute atomic E-state index is 14.1. The number of ether oxygens (including phenoxy) is 1. The lowest BCUT2D eigenvalue weighted by atomic mass is 10.0. The number of H-pyrrole nitrogens is 1. The van der Waals surface area contributed by atoms with Gasteiger partial charge in [0.25, 0.3) is 5.56 Å². The normalized spacial score (nSPS) is 20.2. The topological polar surface area (TPSA) is 272 Å². The number of rotatable bonds is 28. The number of aliphatic hydroxyl groups excluding tert-OH is 2. The van der Waals surface area contributed by atoms with Gasteiger partial charge < -0.3 is 46.9 Å². The SMILES string of the molecule is CCCCCCCCCCCCCCCOP(=O)(CCN(CCN=C(N)N)CCN=C(N)N)OC[C@H]1O[C@@H](n2ccc(=O)[nH]c2=O)[C@H](O)[C@@H]1O. The maximum atomic E-state index is 14.1. The summed E-state index contributed by atoms with van der Waals surface area (Å²) in [6, 6.07) is 1.10. The van der Waals surface area contributed by atoms with Gasteiger partial charge in [0.05, 0.1) is 32.5 Å². The molecule has 1 aromatic rings. The Bertz CT molecular complexity index is 1280. The first-order valence-electron chi connectivity index (χ1n) is 18.0. The molecule has 1 fully saturated rings. The van der Waals surface area contributed by atoms with Crippen LogP contribution in [0, 0.1) is 0 Å². The lowest BCUT2D eigenvalue weighted by molar-refractivity contribution is -0.0531. The molecule has 2 rings (SSSR count). The van der Waals surface area contributed by atoms with E-state index in [1.165, 1.54) is 57.8 Å². The Morgan fingerprint density at radius 1 is 0.860 bits per heavy atom. The predicted molar refractivity (Wildman–Crippen MR) is 195 cm³/mol. The van der Waals surface area contributed by atoms with E-state index >= 15 is 0 Å². The fourth-order valence-electron chi connectivity index (χ4n) is 5.64. The molecule has 0 saturated carbocycles. The Morgan fingerprint density at radius 3 is 1.92 bits per heavy atom. The summed E-state index contributed by atoms with van der Waals surface area (Å²) in [7, 11) is -3.77. The Labute approximate surface area is 295 Å². The van der Waals surface area contributed by atoms with Gasteiger partial charge in [0, 0.05) is 31.9 Å².